The lowest BCUT2D eigenvalue weighted by molar-refractivity contribution is 0.0698. The first kappa shape index (κ1) is 14.6. The van der Waals surface area contributed by atoms with Crippen LogP contribution in [-0.4, -0.2) is 20.9 Å². The van der Waals surface area contributed by atoms with Gasteiger partial charge in [0, 0.05) is 35.0 Å². The van der Waals surface area contributed by atoms with Gasteiger partial charge in [0.25, 0.3) is 0 Å². The predicted molar refractivity (Wildman–Crippen MR) is 81.1 cm³/mol. The van der Waals surface area contributed by atoms with Crippen LogP contribution in [0.5, 0.6) is 0 Å². The summed E-state index contributed by atoms with van der Waals surface area (Å²) in [7, 11) is 1.90. The van der Waals surface area contributed by atoms with Gasteiger partial charge in [0.05, 0.1) is 11.3 Å². The van der Waals surface area contributed by atoms with Gasteiger partial charge in [0.15, 0.2) is 0 Å². The molecule has 0 atom stereocenters. The average molecular weight is 338 g/mol. The number of carboxylic acid groups (broad SMARTS) is 1. The van der Waals surface area contributed by atoms with Crippen LogP contribution in [0.1, 0.15) is 27.3 Å². The fraction of sp³-hybridized carbons (Fsp3) is 0.286. The fourth-order valence-corrected chi connectivity index (χ4v) is 2.47. The highest BCUT2D eigenvalue weighted by Gasteiger charge is 2.13. The normalized spacial score (nSPS) is 10.6. The molecule has 0 aliphatic rings. The number of carbonyl (C=O) groups is 1. The number of benzene rings is 1. The Balaban J connectivity index is 2.25. The highest BCUT2D eigenvalue weighted by atomic mass is 79.9. The van der Waals surface area contributed by atoms with Crippen molar-refractivity contribution in [2.45, 2.75) is 20.4 Å². The summed E-state index contributed by atoms with van der Waals surface area (Å²) in [6, 6.07) is 5.17. The minimum absolute atomic E-state index is 0.249. The summed E-state index contributed by atoms with van der Waals surface area (Å²) in [6.07, 6.45) is 0. The molecular formula is C14H16BrN3O2. The third-order valence-corrected chi connectivity index (χ3v) is 3.82. The molecule has 2 N–H and O–H groups in total. The molecule has 0 amide bonds. The van der Waals surface area contributed by atoms with Gasteiger partial charge in [-0.25, -0.2) is 4.79 Å². The van der Waals surface area contributed by atoms with E-state index in [1.807, 2.05) is 31.6 Å². The highest BCUT2D eigenvalue weighted by Crippen LogP contribution is 2.22. The molecule has 0 bridgehead atoms. The van der Waals surface area contributed by atoms with Crippen molar-refractivity contribution in [3.63, 3.8) is 0 Å². The smallest absolute Gasteiger partial charge is 0.337 e. The number of anilines is 1. The third-order valence-electron chi connectivity index (χ3n) is 3.33. The lowest BCUT2D eigenvalue weighted by Crippen LogP contribution is -2.07. The van der Waals surface area contributed by atoms with Gasteiger partial charge < -0.3 is 10.4 Å². The lowest BCUT2D eigenvalue weighted by Gasteiger charge is -2.10. The Labute approximate surface area is 125 Å². The van der Waals surface area contributed by atoms with Crippen molar-refractivity contribution in [2.75, 3.05) is 5.32 Å². The Morgan fingerprint density at radius 2 is 2.15 bits per heavy atom. The van der Waals surface area contributed by atoms with Gasteiger partial charge >= 0.3 is 5.97 Å². The van der Waals surface area contributed by atoms with E-state index in [1.165, 1.54) is 0 Å². The fourth-order valence-electron chi connectivity index (χ4n) is 2.10. The number of nitrogens with zero attached hydrogens (tertiary/aromatic N) is 2. The monoisotopic (exact) mass is 337 g/mol. The van der Waals surface area contributed by atoms with Gasteiger partial charge in [0.2, 0.25) is 0 Å². The molecule has 6 heteroatoms. The number of aromatic carboxylic acids is 1. The van der Waals surface area contributed by atoms with E-state index in [0.717, 1.165) is 21.4 Å². The van der Waals surface area contributed by atoms with Gasteiger partial charge in [-0.2, -0.15) is 5.10 Å². The topological polar surface area (TPSA) is 67.2 Å². The molecule has 5 nitrogen and oxygen atoms in total. The van der Waals surface area contributed by atoms with E-state index in [9.17, 15) is 9.90 Å². The van der Waals surface area contributed by atoms with E-state index in [4.69, 9.17) is 0 Å². The van der Waals surface area contributed by atoms with Crippen LogP contribution in [0.15, 0.2) is 22.7 Å². The molecule has 0 fully saturated rings. The number of carboxylic acids is 1. The second-order valence-electron chi connectivity index (χ2n) is 4.62. The van der Waals surface area contributed by atoms with Crippen LogP contribution in [0.4, 0.5) is 5.69 Å². The maximum Gasteiger partial charge on any atom is 0.337 e. The number of aryl methyl sites for hydroxylation is 2. The summed E-state index contributed by atoms with van der Waals surface area (Å²) in [6.45, 7) is 4.49. The van der Waals surface area contributed by atoms with Crippen molar-refractivity contribution in [1.82, 2.24) is 9.78 Å². The molecule has 0 saturated heterocycles. The molecule has 0 spiro atoms. The quantitative estimate of drug-likeness (QED) is 0.899. The molecule has 1 aromatic heterocycles. The molecule has 0 saturated carbocycles. The van der Waals surface area contributed by atoms with Crippen molar-refractivity contribution < 1.29 is 9.90 Å². The van der Waals surface area contributed by atoms with Crippen molar-refractivity contribution in [2.24, 2.45) is 7.05 Å². The lowest BCUT2D eigenvalue weighted by atomic mass is 10.1. The molecule has 2 rings (SSSR count). The summed E-state index contributed by atoms with van der Waals surface area (Å²) in [4.78, 5) is 11.2. The van der Waals surface area contributed by atoms with Crippen LogP contribution in [0.3, 0.4) is 0 Å². The molecular weight excluding hydrogens is 322 g/mol. The van der Waals surface area contributed by atoms with E-state index in [2.05, 4.69) is 26.3 Å². The molecule has 0 aliphatic heterocycles. The zero-order chi connectivity index (χ0) is 14.9. The minimum Gasteiger partial charge on any atom is -0.478 e. The molecule has 20 heavy (non-hydrogen) atoms. The Morgan fingerprint density at radius 1 is 1.45 bits per heavy atom. The van der Waals surface area contributed by atoms with Crippen LogP contribution in [0.25, 0.3) is 0 Å². The predicted octanol–water partition coefficient (Wildman–Crippen LogP) is 3.11. The summed E-state index contributed by atoms with van der Waals surface area (Å²) >= 11 is 3.28. The van der Waals surface area contributed by atoms with Crippen molar-refractivity contribution in [1.29, 1.82) is 0 Å². The molecule has 0 unspecified atom stereocenters. The van der Waals surface area contributed by atoms with Crippen molar-refractivity contribution in [3.8, 4) is 0 Å². The second kappa shape index (κ2) is 5.66. The first-order valence-corrected chi connectivity index (χ1v) is 6.95. The second-order valence-corrected chi connectivity index (χ2v) is 5.54. The van der Waals surface area contributed by atoms with Crippen LogP contribution < -0.4 is 5.32 Å². The van der Waals surface area contributed by atoms with Gasteiger partial charge in [-0.3, -0.25) is 4.68 Å². The first-order chi connectivity index (χ1) is 9.40. The van der Waals surface area contributed by atoms with Crippen LogP contribution in [-0.2, 0) is 13.6 Å². The maximum absolute atomic E-state index is 11.2. The van der Waals surface area contributed by atoms with Crippen molar-refractivity contribution in [3.05, 3.63) is 45.2 Å². The minimum atomic E-state index is -0.951. The number of nitrogens with one attached hydrogen (secondary N) is 1. The van der Waals surface area contributed by atoms with E-state index in [-0.39, 0.29) is 5.56 Å². The SMILES string of the molecule is Cc1nn(C)c(C)c1CNc1ccc(Br)cc1C(=O)O. The van der Waals surface area contributed by atoms with E-state index >= 15 is 0 Å². The maximum atomic E-state index is 11.2. The number of halogens is 1. The van der Waals surface area contributed by atoms with Gasteiger partial charge in [-0.05, 0) is 32.0 Å². The molecule has 0 radical (unpaired) electrons. The summed E-state index contributed by atoms with van der Waals surface area (Å²) in [5.74, 6) is -0.951. The molecule has 1 heterocycles. The Hall–Kier alpha value is -1.82. The molecule has 0 aliphatic carbocycles. The number of hydrogen-bond acceptors (Lipinski definition) is 3. The van der Waals surface area contributed by atoms with Gasteiger partial charge in [-0.1, -0.05) is 15.9 Å². The van der Waals surface area contributed by atoms with Gasteiger partial charge in [0.1, 0.15) is 0 Å². The van der Waals surface area contributed by atoms with Crippen LogP contribution >= 0.6 is 15.9 Å². The molecule has 106 valence electrons. The number of hydrogen-bond donors (Lipinski definition) is 2. The zero-order valence-electron chi connectivity index (χ0n) is 11.6. The Kier molecular flexibility index (Phi) is 4.13. The Morgan fingerprint density at radius 3 is 2.70 bits per heavy atom. The van der Waals surface area contributed by atoms with Crippen LogP contribution in [0, 0.1) is 13.8 Å². The molecule has 1 aromatic carbocycles. The van der Waals surface area contributed by atoms with Gasteiger partial charge in [-0.15, -0.1) is 0 Å². The largest absolute Gasteiger partial charge is 0.478 e. The first-order valence-electron chi connectivity index (χ1n) is 6.16. The zero-order valence-corrected chi connectivity index (χ0v) is 13.2. The van der Waals surface area contributed by atoms with Crippen molar-refractivity contribution >= 4 is 27.6 Å². The molecule has 2 aromatic rings. The third kappa shape index (κ3) is 2.85. The number of rotatable bonds is 4. The van der Waals surface area contributed by atoms with E-state index in [0.29, 0.717) is 12.2 Å². The average Bonchev–Trinajstić information content (AvgIpc) is 2.62. The summed E-state index contributed by atoms with van der Waals surface area (Å²) < 4.78 is 2.57. The van der Waals surface area contributed by atoms with E-state index in [1.54, 1.807) is 12.1 Å². The summed E-state index contributed by atoms with van der Waals surface area (Å²) in [5.41, 5.74) is 3.96. The number of aromatic nitrogens is 2. The summed E-state index contributed by atoms with van der Waals surface area (Å²) in [5, 5.41) is 16.7. The van der Waals surface area contributed by atoms with E-state index < -0.39 is 5.97 Å². The Bertz CT molecular complexity index is 665. The highest BCUT2D eigenvalue weighted by molar-refractivity contribution is 9.10. The standard InChI is InChI=1S/C14H16BrN3O2/c1-8-12(9(2)18(3)17-8)7-16-13-5-4-10(15)6-11(13)14(19)20/h4-6,16H,7H2,1-3H3,(H,19,20). The van der Waals surface area contributed by atoms with Crippen LogP contribution in [0.2, 0.25) is 0 Å².